The summed E-state index contributed by atoms with van der Waals surface area (Å²) in [7, 11) is 1.84. The maximum atomic E-state index is 12.3. The first-order valence-corrected chi connectivity index (χ1v) is 5.76. The van der Waals surface area contributed by atoms with E-state index >= 15 is 0 Å². The van der Waals surface area contributed by atoms with Crippen molar-refractivity contribution in [3.05, 3.63) is 34.9 Å². The van der Waals surface area contributed by atoms with Crippen LogP contribution in [0.2, 0.25) is 0 Å². The summed E-state index contributed by atoms with van der Waals surface area (Å²) in [6.45, 7) is 8.12. The minimum atomic E-state index is -0.0968. The van der Waals surface area contributed by atoms with Gasteiger partial charge < -0.3 is 5.32 Å². The van der Waals surface area contributed by atoms with Crippen molar-refractivity contribution in [2.45, 2.75) is 33.7 Å². The molecule has 1 atom stereocenters. The number of rotatable bonds is 4. The Labute approximate surface area is 98.1 Å². The van der Waals surface area contributed by atoms with Crippen LogP contribution in [0.5, 0.6) is 0 Å². The van der Waals surface area contributed by atoms with Gasteiger partial charge in [0.1, 0.15) is 0 Å². The second kappa shape index (κ2) is 5.26. The van der Waals surface area contributed by atoms with Crippen LogP contribution in [0, 0.1) is 19.8 Å². The van der Waals surface area contributed by atoms with E-state index in [1.54, 1.807) is 0 Å². The molecule has 0 bridgehead atoms. The van der Waals surface area contributed by atoms with Gasteiger partial charge in [-0.2, -0.15) is 0 Å². The van der Waals surface area contributed by atoms with Gasteiger partial charge in [0.25, 0.3) is 0 Å². The molecule has 2 nitrogen and oxygen atoms in total. The average Bonchev–Trinajstić information content (AvgIpc) is 2.22. The Hall–Kier alpha value is -1.15. The molecule has 0 spiro atoms. The van der Waals surface area contributed by atoms with Gasteiger partial charge in [-0.05, 0) is 38.4 Å². The van der Waals surface area contributed by atoms with E-state index in [0.717, 1.165) is 16.7 Å². The lowest BCUT2D eigenvalue weighted by Gasteiger charge is -2.20. The lowest BCUT2D eigenvalue weighted by Crippen LogP contribution is -2.38. The molecule has 1 unspecified atom stereocenters. The van der Waals surface area contributed by atoms with Gasteiger partial charge in [-0.3, -0.25) is 4.79 Å². The number of benzene rings is 1. The van der Waals surface area contributed by atoms with Gasteiger partial charge in [-0.1, -0.05) is 31.5 Å². The molecule has 1 N–H and O–H groups in total. The first kappa shape index (κ1) is 12.9. The number of nitrogens with one attached hydrogen (secondary N) is 1. The van der Waals surface area contributed by atoms with Crippen LogP contribution in [0.15, 0.2) is 18.2 Å². The number of Topliss-reactive ketones (excluding diaryl/α,β-unsaturated/α-hetero) is 1. The van der Waals surface area contributed by atoms with E-state index in [1.165, 1.54) is 0 Å². The highest BCUT2D eigenvalue weighted by Crippen LogP contribution is 2.16. The summed E-state index contributed by atoms with van der Waals surface area (Å²) in [5, 5.41) is 3.10. The Morgan fingerprint density at radius 2 is 1.88 bits per heavy atom. The standard InChI is InChI=1S/C14H21NO/c1-9(2)13(15-5)14(16)12-8-10(3)6-7-11(12)4/h6-9,13,15H,1-5H3. The molecular formula is C14H21NO. The summed E-state index contributed by atoms with van der Waals surface area (Å²) in [4.78, 5) is 12.3. The van der Waals surface area contributed by atoms with Crippen LogP contribution in [0.3, 0.4) is 0 Å². The molecular weight excluding hydrogens is 198 g/mol. The number of hydrogen-bond donors (Lipinski definition) is 1. The molecule has 1 rings (SSSR count). The lowest BCUT2D eigenvalue weighted by molar-refractivity contribution is 0.0922. The highest BCUT2D eigenvalue weighted by molar-refractivity contribution is 6.01. The number of carbonyl (C=O) groups is 1. The second-order valence-electron chi connectivity index (χ2n) is 4.69. The van der Waals surface area contributed by atoms with Gasteiger partial charge >= 0.3 is 0 Å². The summed E-state index contributed by atoms with van der Waals surface area (Å²) in [5.74, 6) is 0.496. The van der Waals surface area contributed by atoms with E-state index < -0.39 is 0 Å². The van der Waals surface area contributed by atoms with E-state index in [2.05, 4.69) is 19.2 Å². The van der Waals surface area contributed by atoms with Gasteiger partial charge in [0, 0.05) is 5.56 Å². The van der Waals surface area contributed by atoms with Crippen molar-refractivity contribution in [2.75, 3.05) is 7.05 Å². The molecule has 0 heterocycles. The summed E-state index contributed by atoms with van der Waals surface area (Å²) >= 11 is 0. The third-order valence-corrected chi connectivity index (χ3v) is 2.92. The minimum Gasteiger partial charge on any atom is -0.310 e. The highest BCUT2D eigenvalue weighted by Gasteiger charge is 2.22. The largest absolute Gasteiger partial charge is 0.310 e. The van der Waals surface area contributed by atoms with Crippen LogP contribution in [0.4, 0.5) is 0 Å². The van der Waals surface area contributed by atoms with Crippen molar-refractivity contribution >= 4 is 5.78 Å². The Morgan fingerprint density at radius 3 is 2.38 bits per heavy atom. The summed E-state index contributed by atoms with van der Waals surface area (Å²) in [5.41, 5.74) is 3.03. The summed E-state index contributed by atoms with van der Waals surface area (Å²) in [6, 6.07) is 5.93. The van der Waals surface area contributed by atoms with E-state index in [1.807, 2.05) is 39.1 Å². The molecule has 0 aromatic heterocycles. The number of ketones is 1. The lowest BCUT2D eigenvalue weighted by atomic mass is 9.92. The molecule has 88 valence electrons. The molecule has 2 heteroatoms. The van der Waals surface area contributed by atoms with Crippen LogP contribution in [-0.4, -0.2) is 18.9 Å². The van der Waals surface area contributed by atoms with Crippen molar-refractivity contribution < 1.29 is 4.79 Å². The van der Waals surface area contributed by atoms with Gasteiger partial charge in [-0.15, -0.1) is 0 Å². The molecule has 0 radical (unpaired) electrons. The third-order valence-electron chi connectivity index (χ3n) is 2.92. The normalized spacial score (nSPS) is 12.9. The Morgan fingerprint density at radius 1 is 1.25 bits per heavy atom. The van der Waals surface area contributed by atoms with Crippen molar-refractivity contribution in [3.8, 4) is 0 Å². The van der Waals surface area contributed by atoms with Gasteiger partial charge in [0.2, 0.25) is 0 Å². The number of aryl methyl sites for hydroxylation is 2. The van der Waals surface area contributed by atoms with E-state index in [0.29, 0.717) is 5.92 Å². The van der Waals surface area contributed by atoms with Crippen molar-refractivity contribution in [3.63, 3.8) is 0 Å². The number of likely N-dealkylation sites (N-methyl/N-ethyl adjacent to an activating group) is 1. The molecule has 0 aliphatic carbocycles. The molecule has 0 aliphatic rings. The van der Waals surface area contributed by atoms with Gasteiger partial charge in [0.05, 0.1) is 6.04 Å². The molecule has 0 amide bonds. The SMILES string of the molecule is CNC(C(=O)c1cc(C)ccc1C)C(C)C. The topological polar surface area (TPSA) is 29.1 Å². The Kier molecular flexibility index (Phi) is 4.25. The zero-order valence-corrected chi connectivity index (χ0v) is 10.8. The molecule has 0 saturated carbocycles. The Bertz CT molecular complexity index is 382. The molecule has 16 heavy (non-hydrogen) atoms. The van der Waals surface area contributed by atoms with Crippen molar-refractivity contribution in [2.24, 2.45) is 5.92 Å². The summed E-state index contributed by atoms with van der Waals surface area (Å²) in [6.07, 6.45) is 0. The van der Waals surface area contributed by atoms with Crippen LogP contribution < -0.4 is 5.32 Å². The number of hydrogen-bond acceptors (Lipinski definition) is 2. The van der Waals surface area contributed by atoms with Crippen molar-refractivity contribution in [1.29, 1.82) is 0 Å². The van der Waals surface area contributed by atoms with Crippen LogP contribution in [0.1, 0.15) is 35.3 Å². The van der Waals surface area contributed by atoms with Gasteiger partial charge in [-0.25, -0.2) is 0 Å². The summed E-state index contributed by atoms with van der Waals surface area (Å²) < 4.78 is 0. The molecule has 0 aliphatic heterocycles. The smallest absolute Gasteiger partial charge is 0.180 e. The van der Waals surface area contributed by atoms with E-state index in [4.69, 9.17) is 0 Å². The zero-order chi connectivity index (χ0) is 12.3. The third kappa shape index (κ3) is 2.70. The predicted octanol–water partition coefficient (Wildman–Crippen LogP) is 2.73. The minimum absolute atomic E-state index is 0.0968. The first-order chi connectivity index (χ1) is 7.47. The first-order valence-electron chi connectivity index (χ1n) is 5.76. The average molecular weight is 219 g/mol. The van der Waals surface area contributed by atoms with Crippen molar-refractivity contribution in [1.82, 2.24) is 5.32 Å². The van der Waals surface area contributed by atoms with Crippen LogP contribution in [-0.2, 0) is 0 Å². The Balaban J connectivity index is 3.08. The van der Waals surface area contributed by atoms with E-state index in [-0.39, 0.29) is 11.8 Å². The monoisotopic (exact) mass is 219 g/mol. The highest BCUT2D eigenvalue weighted by atomic mass is 16.1. The predicted molar refractivity (Wildman–Crippen MR) is 67.9 cm³/mol. The second-order valence-corrected chi connectivity index (χ2v) is 4.69. The number of carbonyl (C=O) groups excluding carboxylic acids is 1. The molecule has 0 fully saturated rings. The van der Waals surface area contributed by atoms with Gasteiger partial charge in [0.15, 0.2) is 5.78 Å². The van der Waals surface area contributed by atoms with Crippen LogP contribution in [0.25, 0.3) is 0 Å². The fraction of sp³-hybridized carbons (Fsp3) is 0.500. The fourth-order valence-corrected chi connectivity index (χ4v) is 1.94. The quantitative estimate of drug-likeness (QED) is 0.789. The van der Waals surface area contributed by atoms with E-state index in [9.17, 15) is 4.79 Å². The fourth-order valence-electron chi connectivity index (χ4n) is 1.94. The maximum Gasteiger partial charge on any atom is 0.180 e. The molecule has 1 aromatic rings. The molecule has 0 saturated heterocycles. The maximum absolute atomic E-state index is 12.3. The molecule has 1 aromatic carbocycles. The van der Waals surface area contributed by atoms with Crippen LogP contribution >= 0.6 is 0 Å². The zero-order valence-electron chi connectivity index (χ0n) is 10.8.